The summed E-state index contributed by atoms with van der Waals surface area (Å²) in [7, 11) is 1.88. The molecule has 0 aliphatic heterocycles. The summed E-state index contributed by atoms with van der Waals surface area (Å²) in [6.07, 6.45) is 3.96. The Morgan fingerprint density at radius 2 is 1.89 bits per heavy atom. The fraction of sp³-hybridized carbons (Fsp3) is 0.286. The number of anilines is 1. The molecule has 6 nitrogen and oxygen atoms in total. The fourth-order valence-corrected chi connectivity index (χ4v) is 4.00. The lowest BCUT2D eigenvalue weighted by atomic mass is 10.1. The minimum Gasteiger partial charge on any atom is -0.361 e. The van der Waals surface area contributed by atoms with E-state index in [1.807, 2.05) is 38.9 Å². The first-order valence-corrected chi connectivity index (χ1v) is 10.5. The highest BCUT2D eigenvalue weighted by atomic mass is 32.2. The molecular formula is C21H23N5OS. The molecule has 0 fully saturated rings. The largest absolute Gasteiger partial charge is 0.361 e. The van der Waals surface area contributed by atoms with Gasteiger partial charge in [0.1, 0.15) is 5.76 Å². The van der Waals surface area contributed by atoms with Gasteiger partial charge in [0.05, 0.1) is 17.8 Å². The average molecular weight is 394 g/mol. The van der Waals surface area contributed by atoms with Gasteiger partial charge in [0.15, 0.2) is 5.65 Å². The second-order valence-electron chi connectivity index (χ2n) is 6.79. The molecule has 0 unspecified atom stereocenters. The molecule has 0 amide bonds. The molecule has 0 aliphatic rings. The van der Waals surface area contributed by atoms with E-state index in [0.717, 1.165) is 52.0 Å². The summed E-state index contributed by atoms with van der Waals surface area (Å²) in [6, 6.07) is 10.9. The number of nitrogens with zero attached hydrogens (tertiary/aromatic N) is 4. The van der Waals surface area contributed by atoms with Crippen LogP contribution < -0.4 is 5.32 Å². The Labute approximate surface area is 168 Å². The number of imidazole rings is 1. The molecule has 28 heavy (non-hydrogen) atoms. The van der Waals surface area contributed by atoms with E-state index in [1.165, 1.54) is 11.1 Å². The second kappa shape index (κ2) is 7.67. The van der Waals surface area contributed by atoms with Crippen molar-refractivity contribution in [1.29, 1.82) is 0 Å². The highest BCUT2D eigenvalue weighted by molar-refractivity contribution is 7.97. The van der Waals surface area contributed by atoms with E-state index in [1.54, 1.807) is 0 Å². The second-order valence-corrected chi connectivity index (χ2v) is 7.65. The average Bonchev–Trinajstić information content (AvgIpc) is 3.22. The van der Waals surface area contributed by atoms with Crippen molar-refractivity contribution >= 4 is 28.9 Å². The molecule has 4 aromatic rings. The van der Waals surface area contributed by atoms with E-state index in [4.69, 9.17) is 4.52 Å². The number of fused-ring (bicyclic) bond motifs is 1. The first-order chi connectivity index (χ1) is 13.6. The monoisotopic (exact) mass is 393 g/mol. The highest BCUT2D eigenvalue weighted by Gasteiger charge is 2.16. The van der Waals surface area contributed by atoms with Crippen molar-refractivity contribution in [3.63, 3.8) is 0 Å². The number of pyridine rings is 1. The molecule has 3 aromatic heterocycles. The minimum atomic E-state index is 0.721. The van der Waals surface area contributed by atoms with Crippen LogP contribution in [0.25, 0.3) is 22.3 Å². The molecule has 3 heterocycles. The Balaban J connectivity index is 1.77. The smallest absolute Gasteiger partial charge is 0.205 e. The minimum absolute atomic E-state index is 0.721. The SMILES string of the molecule is CNc1nc2ncc(-c3c(C)noc3C)cc2n1Cc1ccc(CSC)cc1. The third-order valence-electron chi connectivity index (χ3n) is 4.83. The summed E-state index contributed by atoms with van der Waals surface area (Å²) in [5.41, 5.74) is 7.11. The molecule has 0 saturated carbocycles. The standard InChI is InChI=1S/C21H23N5OS/c1-13-19(14(2)27-25-13)17-9-18-20(23-10-17)24-21(22-3)26(18)11-15-5-7-16(8-6-15)12-28-4/h5-10H,11-12H2,1-4H3,(H,22,23,24). The molecule has 0 atom stereocenters. The predicted octanol–water partition coefficient (Wildman–Crippen LogP) is 4.66. The number of rotatable bonds is 6. The van der Waals surface area contributed by atoms with Gasteiger partial charge in [-0.05, 0) is 37.3 Å². The van der Waals surface area contributed by atoms with Crippen molar-refractivity contribution in [1.82, 2.24) is 19.7 Å². The van der Waals surface area contributed by atoms with Crippen LogP contribution in [0.4, 0.5) is 5.95 Å². The Kier molecular flexibility index (Phi) is 5.09. The fourth-order valence-electron chi connectivity index (χ4n) is 3.48. The zero-order valence-corrected chi connectivity index (χ0v) is 17.3. The highest BCUT2D eigenvalue weighted by Crippen LogP contribution is 2.30. The topological polar surface area (TPSA) is 68.8 Å². The molecular weight excluding hydrogens is 370 g/mol. The van der Waals surface area contributed by atoms with Crippen LogP contribution in [0, 0.1) is 13.8 Å². The van der Waals surface area contributed by atoms with Crippen LogP contribution in [-0.2, 0) is 12.3 Å². The Morgan fingerprint density at radius 1 is 1.14 bits per heavy atom. The molecule has 1 N–H and O–H groups in total. The van der Waals surface area contributed by atoms with E-state index in [0.29, 0.717) is 0 Å². The van der Waals surface area contributed by atoms with Gasteiger partial charge in [0.25, 0.3) is 0 Å². The maximum absolute atomic E-state index is 5.33. The van der Waals surface area contributed by atoms with Crippen LogP contribution in [0.5, 0.6) is 0 Å². The summed E-state index contributed by atoms with van der Waals surface area (Å²) < 4.78 is 7.49. The van der Waals surface area contributed by atoms with Crippen LogP contribution in [0.3, 0.4) is 0 Å². The van der Waals surface area contributed by atoms with E-state index in [2.05, 4.69) is 61.6 Å². The van der Waals surface area contributed by atoms with Gasteiger partial charge in [-0.25, -0.2) is 4.98 Å². The summed E-state index contributed by atoms with van der Waals surface area (Å²) in [6.45, 7) is 4.59. The van der Waals surface area contributed by atoms with E-state index < -0.39 is 0 Å². The first-order valence-electron chi connectivity index (χ1n) is 9.14. The quantitative estimate of drug-likeness (QED) is 0.514. The summed E-state index contributed by atoms with van der Waals surface area (Å²) in [4.78, 5) is 9.22. The number of aromatic nitrogens is 4. The van der Waals surface area contributed by atoms with Crippen LogP contribution in [-0.4, -0.2) is 33.0 Å². The van der Waals surface area contributed by atoms with Gasteiger partial charge < -0.3 is 14.4 Å². The Morgan fingerprint density at radius 3 is 2.54 bits per heavy atom. The number of hydrogen-bond donors (Lipinski definition) is 1. The summed E-state index contributed by atoms with van der Waals surface area (Å²) in [5.74, 6) is 2.62. The predicted molar refractivity (Wildman–Crippen MR) is 115 cm³/mol. The van der Waals surface area contributed by atoms with Gasteiger partial charge in [-0.15, -0.1) is 0 Å². The number of thioether (sulfide) groups is 1. The number of hydrogen-bond acceptors (Lipinski definition) is 6. The Bertz CT molecular complexity index is 1090. The van der Waals surface area contributed by atoms with Crippen LogP contribution in [0.1, 0.15) is 22.6 Å². The van der Waals surface area contributed by atoms with Gasteiger partial charge in [-0.3, -0.25) is 0 Å². The normalized spacial score (nSPS) is 11.3. The third kappa shape index (κ3) is 3.38. The van der Waals surface area contributed by atoms with Gasteiger partial charge in [0, 0.05) is 30.1 Å². The molecule has 0 bridgehead atoms. The van der Waals surface area contributed by atoms with Crippen LogP contribution >= 0.6 is 11.8 Å². The van der Waals surface area contributed by atoms with Crippen molar-refractivity contribution in [3.8, 4) is 11.1 Å². The number of benzene rings is 1. The molecule has 4 rings (SSSR count). The maximum Gasteiger partial charge on any atom is 0.205 e. The van der Waals surface area contributed by atoms with Gasteiger partial charge >= 0.3 is 0 Å². The lowest BCUT2D eigenvalue weighted by Gasteiger charge is -2.10. The first kappa shape index (κ1) is 18.6. The van der Waals surface area contributed by atoms with Crippen LogP contribution in [0.2, 0.25) is 0 Å². The van der Waals surface area contributed by atoms with E-state index in [-0.39, 0.29) is 0 Å². The van der Waals surface area contributed by atoms with Crippen molar-refractivity contribution in [2.24, 2.45) is 0 Å². The van der Waals surface area contributed by atoms with Gasteiger partial charge in [-0.1, -0.05) is 29.4 Å². The molecule has 0 saturated heterocycles. The molecule has 0 spiro atoms. The molecule has 7 heteroatoms. The van der Waals surface area contributed by atoms with Crippen molar-refractivity contribution < 1.29 is 4.52 Å². The number of nitrogens with one attached hydrogen (secondary N) is 1. The van der Waals surface area contributed by atoms with Crippen molar-refractivity contribution in [3.05, 3.63) is 59.1 Å². The molecule has 144 valence electrons. The van der Waals surface area contributed by atoms with Gasteiger partial charge in [0.2, 0.25) is 5.95 Å². The number of aryl methyl sites for hydroxylation is 2. The summed E-state index contributed by atoms with van der Waals surface area (Å²) >= 11 is 1.83. The maximum atomic E-state index is 5.33. The molecule has 0 radical (unpaired) electrons. The lowest BCUT2D eigenvalue weighted by Crippen LogP contribution is -2.05. The third-order valence-corrected chi connectivity index (χ3v) is 5.45. The van der Waals surface area contributed by atoms with Crippen LogP contribution in [0.15, 0.2) is 41.1 Å². The molecule has 0 aliphatic carbocycles. The zero-order valence-electron chi connectivity index (χ0n) is 16.5. The zero-order chi connectivity index (χ0) is 19.7. The summed E-state index contributed by atoms with van der Waals surface area (Å²) in [5, 5.41) is 7.26. The van der Waals surface area contributed by atoms with E-state index in [9.17, 15) is 0 Å². The van der Waals surface area contributed by atoms with Gasteiger partial charge in [-0.2, -0.15) is 16.7 Å². The lowest BCUT2D eigenvalue weighted by molar-refractivity contribution is 0.393. The van der Waals surface area contributed by atoms with E-state index >= 15 is 0 Å². The van der Waals surface area contributed by atoms with Crippen molar-refractivity contribution in [2.45, 2.75) is 26.1 Å². The Hall–Kier alpha value is -2.80. The van der Waals surface area contributed by atoms with Crippen molar-refractivity contribution in [2.75, 3.05) is 18.6 Å². The molecule has 1 aromatic carbocycles.